The molecule has 0 bridgehead atoms. The molecule has 0 aliphatic heterocycles. The first-order valence-electron chi connectivity index (χ1n) is 8.18. The Morgan fingerprint density at radius 3 is 2.62 bits per heavy atom. The minimum atomic E-state index is 0.461. The molecule has 3 heteroatoms. The van der Waals surface area contributed by atoms with Crippen LogP contribution in [-0.2, 0) is 6.54 Å². The first-order chi connectivity index (χ1) is 10.2. The Labute approximate surface area is 129 Å². The molecule has 0 radical (unpaired) electrons. The van der Waals surface area contributed by atoms with E-state index in [2.05, 4.69) is 18.3 Å². The third-order valence-corrected chi connectivity index (χ3v) is 4.49. The van der Waals surface area contributed by atoms with Crippen LogP contribution in [0.3, 0.4) is 0 Å². The maximum absolute atomic E-state index is 5.63. The minimum Gasteiger partial charge on any atom is -0.493 e. The summed E-state index contributed by atoms with van der Waals surface area (Å²) in [7, 11) is 1.71. The van der Waals surface area contributed by atoms with Crippen LogP contribution in [0.15, 0.2) is 18.2 Å². The first kappa shape index (κ1) is 16.2. The smallest absolute Gasteiger partial charge is 0.165 e. The van der Waals surface area contributed by atoms with Gasteiger partial charge in [0.15, 0.2) is 11.5 Å². The van der Waals surface area contributed by atoms with Gasteiger partial charge >= 0.3 is 0 Å². The number of hydrogen-bond acceptors (Lipinski definition) is 3. The molecule has 0 spiro atoms. The number of nitrogens with one attached hydrogen (secondary N) is 1. The molecule has 1 aromatic carbocycles. The van der Waals surface area contributed by atoms with E-state index < -0.39 is 0 Å². The molecule has 118 valence electrons. The number of para-hydroxylation sites is 1. The highest BCUT2D eigenvalue weighted by atomic mass is 16.5. The molecule has 1 saturated carbocycles. The summed E-state index contributed by atoms with van der Waals surface area (Å²) in [6.07, 6.45) is 6.84. The van der Waals surface area contributed by atoms with Crippen LogP contribution < -0.4 is 14.8 Å². The van der Waals surface area contributed by atoms with Gasteiger partial charge in [0.2, 0.25) is 0 Å². The molecule has 0 unspecified atom stereocenters. The van der Waals surface area contributed by atoms with Gasteiger partial charge in [-0.15, -0.1) is 0 Å². The van der Waals surface area contributed by atoms with Crippen molar-refractivity contribution in [2.45, 2.75) is 52.5 Å². The van der Waals surface area contributed by atoms with E-state index in [0.29, 0.717) is 12.0 Å². The summed E-state index contributed by atoms with van der Waals surface area (Å²) < 4.78 is 11.2. The molecule has 21 heavy (non-hydrogen) atoms. The molecular formula is C18H29NO2. The second kappa shape index (κ2) is 7.69. The second-order valence-electron chi connectivity index (χ2n) is 6.36. The summed E-state index contributed by atoms with van der Waals surface area (Å²) in [5, 5.41) is 3.62. The Morgan fingerprint density at radius 1 is 1.19 bits per heavy atom. The minimum absolute atomic E-state index is 0.461. The van der Waals surface area contributed by atoms with Crippen molar-refractivity contribution in [2.75, 3.05) is 20.3 Å². The Kier molecular flexibility index (Phi) is 5.92. The Balaban J connectivity index is 1.94. The van der Waals surface area contributed by atoms with Crippen molar-refractivity contribution < 1.29 is 9.47 Å². The van der Waals surface area contributed by atoms with Gasteiger partial charge in [-0.1, -0.05) is 38.3 Å². The van der Waals surface area contributed by atoms with E-state index in [-0.39, 0.29) is 0 Å². The zero-order valence-electron chi connectivity index (χ0n) is 13.7. The number of benzene rings is 1. The maximum Gasteiger partial charge on any atom is 0.165 e. The molecule has 1 aliphatic carbocycles. The zero-order valence-corrected chi connectivity index (χ0v) is 13.7. The van der Waals surface area contributed by atoms with Crippen molar-refractivity contribution in [1.82, 2.24) is 5.32 Å². The van der Waals surface area contributed by atoms with Gasteiger partial charge < -0.3 is 14.8 Å². The molecule has 0 aromatic heterocycles. The third kappa shape index (κ3) is 4.37. The molecule has 2 rings (SSSR count). The quantitative estimate of drug-likeness (QED) is 0.818. The molecule has 0 heterocycles. The van der Waals surface area contributed by atoms with Crippen LogP contribution in [0.4, 0.5) is 0 Å². The molecule has 0 amide bonds. The van der Waals surface area contributed by atoms with E-state index in [1.54, 1.807) is 7.11 Å². The van der Waals surface area contributed by atoms with E-state index in [1.165, 1.54) is 37.7 Å². The van der Waals surface area contributed by atoms with E-state index in [1.807, 2.05) is 19.1 Å². The van der Waals surface area contributed by atoms with Gasteiger partial charge in [0.1, 0.15) is 0 Å². The summed E-state index contributed by atoms with van der Waals surface area (Å²) in [6, 6.07) is 6.11. The van der Waals surface area contributed by atoms with Crippen molar-refractivity contribution in [2.24, 2.45) is 5.41 Å². The third-order valence-electron chi connectivity index (χ3n) is 4.49. The summed E-state index contributed by atoms with van der Waals surface area (Å²) in [6.45, 7) is 6.97. The van der Waals surface area contributed by atoms with E-state index in [9.17, 15) is 0 Å². The van der Waals surface area contributed by atoms with Gasteiger partial charge in [0, 0.05) is 18.7 Å². The highest BCUT2D eigenvalue weighted by molar-refractivity contribution is 5.46. The Morgan fingerprint density at radius 2 is 1.95 bits per heavy atom. The fourth-order valence-electron chi connectivity index (χ4n) is 3.28. The van der Waals surface area contributed by atoms with Gasteiger partial charge in [-0.2, -0.15) is 0 Å². The summed E-state index contributed by atoms with van der Waals surface area (Å²) >= 11 is 0. The standard InChI is InChI=1S/C18H29NO2/c1-4-21-16-10-8-9-15(17(16)20-3)13-19-14-18(2)11-6-5-7-12-18/h8-10,19H,4-7,11-14H2,1-3H3. The van der Waals surface area contributed by atoms with Gasteiger partial charge in [-0.3, -0.25) is 0 Å². The number of hydrogen-bond donors (Lipinski definition) is 1. The molecule has 0 atom stereocenters. The first-order valence-corrected chi connectivity index (χ1v) is 8.18. The lowest BCUT2D eigenvalue weighted by atomic mass is 9.76. The van der Waals surface area contributed by atoms with Gasteiger partial charge in [-0.25, -0.2) is 0 Å². The molecule has 1 N–H and O–H groups in total. The summed E-state index contributed by atoms with van der Waals surface area (Å²) in [5.74, 6) is 1.70. The maximum atomic E-state index is 5.63. The van der Waals surface area contributed by atoms with Gasteiger partial charge in [0.25, 0.3) is 0 Å². The molecular weight excluding hydrogens is 262 g/mol. The van der Waals surface area contributed by atoms with Crippen LogP contribution in [-0.4, -0.2) is 20.3 Å². The predicted molar refractivity (Wildman–Crippen MR) is 87.1 cm³/mol. The summed E-state index contributed by atoms with van der Waals surface area (Å²) in [4.78, 5) is 0. The highest BCUT2D eigenvalue weighted by Gasteiger charge is 2.26. The topological polar surface area (TPSA) is 30.5 Å². The van der Waals surface area contributed by atoms with Gasteiger partial charge in [-0.05, 0) is 31.2 Å². The van der Waals surface area contributed by atoms with Crippen molar-refractivity contribution in [3.63, 3.8) is 0 Å². The van der Waals surface area contributed by atoms with Crippen LogP contribution in [0.2, 0.25) is 0 Å². The van der Waals surface area contributed by atoms with Gasteiger partial charge in [0.05, 0.1) is 13.7 Å². The zero-order chi connectivity index (χ0) is 15.1. The van der Waals surface area contributed by atoms with Crippen LogP contribution in [0.5, 0.6) is 11.5 Å². The monoisotopic (exact) mass is 291 g/mol. The van der Waals surface area contributed by atoms with Crippen molar-refractivity contribution >= 4 is 0 Å². The second-order valence-corrected chi connectivity index (χ2v) is 6.36. The van der Waals surface area contributed by atoms with E-state index in [0.717, 1.165) is 24.6 Å². The van der Waals surface area contributed by atoms with Crippen LogP contribution in [0, 0.1) is 5.41 Å². The average Bonchev–Trinajstić information content (AvgIpc) is 2.48. The predicted octanol–water partition coefficient (Wildman–Crippen LogP) is 4.15. The van der Waals surface area contributed by atoms with E-state index >= 15 is 0 Å². The molecule has 1 aromatic rings. The van der Waals surface area contributed by atoms with E-state index in [4.69, 9.17) is 9.47 Å². The fourth-order valence-corrected chi connectivity index (χ4v) is 3.28. The number of ether oxygens (including phenoxy) is 2. The Hall–Kier alpha value is -1.22. The van der Waals surface area contributed by atoms with Crippen LogP contribution in [0.25, 0.3) is 0 Å². The molecule has 3 nitrogen and oxygen atoms in total. The lowest BCUT2D eigenvalue weighted by Gasteiger charge is -2.33. The number of methoxy groups -OCH3 is 1. The van der Waals surface area contributed by atoms with Crippen molar-refractivity contribution in [1.29, 1.82) is 0 Å². The van der Waals surface area contributed by atoms with Crippen molar-refractivity contribution in [3.8, 4) is 11.5 Å². The van der Waals surface area contributed by atoms with Crippen LogP contribution in [0.1, 0.15) is 51.5 Å². The van der Waals surface area contributed by atoms with Crippen LogP contribution >= 0.6 is 0 Å². The normalized spacial score (nSPS) is 17.5. The molecule has 0 saturated heterocycles. The molecule has 1 fully saturated rings. The van der Waals surface area contributed by atoms with Crippen molar-refractivity contribution in [3.05, 3.63) is 23.8 Å². The summed E-state index contributed by atoms with van der Waals surface area (Å²) in [5.41, 5.74) is 1.63. The molecule has 1 aliphatic rings. The lowest BCUT2D eigenvalue weighted by Crippen LogP contribution is -2.33. The largest absolute Gasteiger partial charge is 0.493 e. The highest BCUT2D eigenvalue weighted by Crippen LogP contribution is 2.35. The average molecular weight is 291 g/mol. The lowest BCUT2D eigenvalue weighted by molar-refractivity contribution is 0.207. The Bertz CT molecular complexity index is 439. The number of rotatable bonds is 7. The fraction of sp³-hybridized carbons (Fsp3) is 0.667. The SMILES string of the molecule is CCOc1cccc(CNCC2(C)CCCCC2)c1OC.